The molecule has 0 bridgehead atoms. The van der Waals surface area contributed by atoms with Crippen LogP contribution in [0.2, 0.25) is 0 Å². The molecule has 0 amide bonds. The molecule has 0 atom stereocenters. The lowest BCUT2D eigenvalue weighted by atomic mass is 9.91. The number of rotatable bonds is 4. The molecule has 0 aliphatic heterocycles. The van der Waals surface area contributed by atoms with Gasteiger partial charge in [-0.1, -0.05) is 81.5 Å². The number of hydrogen-bond acceptors (Lipinski definition) is 2. The second kappa shape index (κ2) is 10.2. The van der Waals surface area contributed by atoms with Crippen LogP contribution in [0.4, 0.5) is 4.39 Å². The molecule has 28 heavy (non-hydrogen) atoms. The van der Waals surface area contributed by atoms with Crippen molar-refractivity contribution in [2.45, 2.75) is 52.2 Å². The van der Waals surface area contributed by atoms with Crippen LogP contribution in [0.15, 0.2) is 60.7 Å². The van der Waals surface area contributed by atoms with Crippen molar-refractivity contribution in [2.75, 3.05) is 0 Å². The number of hydrogen-bond donors (Lipinski definition) is 1. The first-order valence-electron chi connectivity index (χ1n) is 10.3. The van der Waals surface area contributed by atoms with Crippen LogP contribution in [0, 0.1) is 11.7 Å². The van der Waals surface area contributed by atoms with Gasteiger partial charge in [-0.2, -0.15) is 0 Å². The highest BCUT2D eigenvalue weighted by Crippen LogP contribution is 2.28. The summed E-state index contributed by atoms with van der Waals surface area (Å²) in [6.45, 7) is 3.17. The fourth-order valence-electron chi connectivity index (χ4n) is 3.71. The summed E-state index contributed by atoms with van der Waals surface area (Å²) in [6.07, 6.45) is 7.44. The Labute approximate surface area is 167 Å². The van der Waals surface area contributed by atoms with E-state index in [1.165, 1.54) is 44.2 Å². The highest BCUT2D eigenvalue weighted by atomic mass is 19.1. The molecule has 0 unspecified atom stereocenters. The highest BCUT2D eigenvalue weighted by Gasteiger charge is 2.08. The van der Waals surface area contributed by atoms with Gasteiger partial charge in [0.1, 0.15) is 18.2 Å². The average molecular weight is 380 g/mol. The molecule has 4 rings (SSSR count). The normalized spacial score (nSPS) is 14.4. The first-order valence-corrected chi connectivity index (χ1v) is 10.3. The quantitative estimate of drug-likeness (QED) is 0.554. The summed E-state index contributed by atoms with van der Waals surface area (Å²) in [5.41, 5.74) is 7.80. The highest BCUT2D eigenvalue weighted by molar-refractivity contribution is 5.87. The third-order valence-corrected chi connectivity index (χ3v) is 5.40. The maximum Gasteiger partial charge on any atom is 0.124 e. The van der Waals surface area contributed by atoms with Crippen LogP contribution >= 0.6 is 0 Å². The molecule has 3 aromatic rings. The Morgan fingerprint density at radius 2 is 1.64 bits per heavy atom. The van der Waals surface area contributed by atoms with E-state index >= 15 is 0 Å². The number of fused-ring (bicyclic) bond motifs is 1. The van der Waals surface area contributed by atoms with Gasteiger partial charge in [0.2, 0.25) is 0 Å². The molecule has 3 aromatic carbocycles. The van der Waals surface area contributed by atoms with Crippen molar-refractivity contribution in [1.82, 2.24) is 0 Å². The van der Waals surface area contributed by atoms with Gasteiger partial charge in [0.25, 0.3) is 0 Å². The fourth-order valence-corrected chi connectivity index (χ4v) is 3.71. The molecule has 0 saturated heterocycles. The van der Waals surface area contributed by atoms with Crippen LogP contribution in [0.5, 0.6) is 5.75 Å². The Morgan fingerprint density at radius 3 is 2.29 bits per heavy atom. The molecule has 1 saturated carbocycles. The smallest absolute Gasteiger partial charge is 0.124 e. The van der Waals surface area contributed by atoms with E-state index in [1.54, 1.807) is 12.1 Å². The summed E-state index contributed by atoms with van der Waals surface area (Å²) in [4.78, 5) is 0. The van der Waals surface area contributed by atoms with Crippen molar-refractivity contribution in [3.05, 3.63) is 77.6 Å². The largest absolute Gasteiger partial charge is 0.489 e. The van der Waals surface area contributed by atoms with E-state index in [0.29, 0.717) is 13.2 Å². The minimum absolute atomic E-state index is 0.243. The minimum Gasteiger partial charge on any atom is -0.489 e. The van der Waals surface area contributed by atoms with E-state index in [1.807, 2.05) is 30.3 Å². The van der Waals surface area contributed by atoms with E-state index in [-0.39, 0.29) is 5.82 Å². The number of ether oxygens (including phenoxy) is 1. The second-order valence-electron chi connectivity index (χ2n) is 7.63. The fraction of sp³-hybridized carbons (Fsp3) is 0.360. The predicted molar refractivity (Wildman–Crippen MR) is 115 cm³/mol. The van der Waals surface area contributed by atoms with E-state index < -0.39 is 0 Å². The molecule has 1 aliphatic rings. The monoisotopic (exact) mass is 379 g/mol. The molecule has 0 heterocycles. The van der Waals surface area contributed by atoms with Crippen LogP contribution in [0.1, 0.15) is 50.2 Å². The third kappa shape index (κ3) is 5.56. The van der Waals surface area contributed by atoms with Gasteiger partial charge < -0.3 is 10.5 Å². The van der Waals surface area contributed by atoms with Gasteiger partial charge in [-0.15, -0.1) is 0 Å². The zero-order chi connectivity index (χ0) is 19.8. The summed E-state index contributed by atoms with van der Waals surface area (Å²) in [6, 6.07) is 18.4. The molecule has 2 nitrogen and oxygen atoms in total. The van der Waals surface area contributed by atoms with E-state index in [0.717, 1.165) is 33.6 Å². The molecular formula is C25H30FNO. The zero-order valence-corrected chi connectivity index (χ0v) is 16.7. The topological polar surface area (TPSA) is 35.2 Å². The van der Waals surface area contributed by atoms with Gasteiger partial charge in [0, 0.05) is 12.1 Å². The molecule has 2 N–H and O–H groups in total. The molecule has 148 valence electrons. The Balaban J connectivity index is 0.000000271. The molecule has 0 spiro atoms. The predicted octanol–water partition coefficient (Wildman–Crippen LogP) is 6.60. The minimum atomic E-state index is -0.243. The van der Waals surface area contributed by atoms with Gasteiger partial charge in [0.15, 0.2) is 0 Å². The van der Waals surface area contributed by atoms with Crippen LogP contribution < -0.4 is 10.5 Å². The summed E-state index contributed by atoms with van der Waals surface area (Å²) in [5.74, 6) is 1.57. The van der Waals surface area contributed by atoms with Crippen molar-refractivity contribution < 1.29 is 9.13 Å². The summed E-state index contributed by atoms with van der Waals surface area (Å²) >= 11 is 0. The van der Waals surface area contributed by atoms with Crippen molar-refractivity contribution in [2.24, 2.45) is 11.7 Å². The Morgan fingerprint density at radius 1 is 0.929 bits per heavy atom. The van der Waals surface area contributed by atoms with Crippen LogP contribution in [0.25, 0.3) is 10.8 Å². The Kier molecular flexibility index (Phi) is 7.44. The van der Waals surface area contributed by atoms with E-state index in [4.69, 9.17) is 10.5 Å². The van der Waals surface area contributed by atoms with Crippen LogP contribution in [0.3, 0.4) is 0 Å². The standard InChI is InChI=1S/C18H16FNO.C7H14/c19-15-8-5-13(6-9-15)12-21-18-10-7-14-3-1-2-4-16(14)17(18)11-20;1-7-5-3-2-4-6-7/h1-10H,11-12,20H2;7H,2-6H2,1H3. The van der Waals surface area contributed by atoms with Crippen molar-refractivity contribution in [3.63, 3.8) is 0 Å². The molecule has 0 aromatic heterocycles. The van der Waals surface area contributed by atoms with Crippen molar-refractivity contribution in [3.8, 4) is 5.75 Å². The first kappa shape index (κ1) is 20.3. The second-order valence-corrected chi connectivity index (χ2v) is 7.63. The lowest BCUT2D eigenvalue weighted by Gasteiger charge is -2.15. The molecule has 1 fully saturated rings. The lowest BCUT2D eigenvalue weighted by Crippen LogP contribution is -2.03. The van der Waals surface area contributed by atoms with Gasteiger partial charge >= 0.3 is 0 Å². The summed E-state index contributed by atoms with van der Waals surface area (Å²) < 4.78 is 18.7. The van der Waals surface area contributed by atoms with Gasteiger partial charge in [0.05, 0.1) is 0 Å². The Hall–Kier alpha value is -2.39. The summed E-state index contributed by atoms with van der Waals surface area (Å²) in [7, 11) is 0. The van der Waals surface area contributed by atoms with Gasteiger partial charge in [-0.3, -0.25) is 0 Å². The number of benzene rings is 3. The zero-order valence-electron chi connectivity index (χ0n) is 16.7. The molecule has 1 aliphatic carbocycles. The molecule has 0 radical (unpaired) electrons. The molecular weight excluding hydrogens is 349 g/mol. The first-order chi connectivity index (χ1) is 13.7. The van der Waals surface area contributed by atoms with Crippen LogP contribution in [-0.2, 0) is 13.2 Å². The van der Waals surface area contributed by atoms with Gasteiger partial charge in [-0.25, -0.2) is 4.39 Å². The number of nitrogens with two attached hydrogens (primary N) is 1. The van der Waals surface area contributed by atoms with Crippen LogP contribution in [-0.4, -0.2) is 0 Å². The van der Waals surface area contributed by atoms with Crippen molar-refractivity contribution in [1.29, 1.82) is 0 Å². The Bertz CT molecular complexity index is 869. The molecule has 3 heteroatoms. The third-order valence-electron chi connectivity index (χ3n) is 5.40. The summed E-state index contributed by atoms with van der Waals surface area (Å²) in [5, 5.41) is 2.25. The maximum atomic E-state index is 12.9. The van der Waals surface area contributed by atoms with Gasteiger partial charge in [-0.05, 0) is 40.5 Å². The average Bonchev–Trinajstić information content (AvgIpc) is 2.74. The van der Waals surface area contributed by atoms with E-state index in [2.05, 4.69) is 13.0 Å². The maximum absolute atomic E-state index is 12.9. The van der Waals surface area contributed by atoms with Crippen molar-refractivity contribution >= 4 is 10.8 Å². The number of halogens is 1. The van der Waals surface area contributed by atoms with E-state index in [9.17, 15) is 4.39 Å². The SMILES string of the molecule is CC1CCCCC1.NCc1c(OCc2ccc(F)cc2)ccc2ccccc12. The lowest BCUT2D eigenvalue weighted by molar-refractivity contribution is 0.303.